The maximum absolute atomic E-state index is 12.4. The van der Waals surface area contributed by atoms with Gasteiger partial charge in [0.1, 0.15) is 11.8 Å². The lowest BCUT2D eigenvalue weighted by Crippen LogP contribution is -2.45. The molecule has 3 heteroatoms. The van der Waals surface area contributed by atoms with Crippen LogP contribution in [0.25, 0.3) is 0 Å². The fraction of sp³-hybridized carbons (Fsp3) is 0.438. The lowest BCUT2D eigenvalue weighted by molar-refractivity contribution is -0.123. The summed E-state index contributed by atoms with van der Waals surface area (Å²) in [6, 6.07) is 6.00. The molecule has 0 N–H and O–H groups in total. The Morgan fingerprint density at radius 3 is 2.63 bits per heavy atom. The highest BCUT2D eigenvalue weighted by Crippen LogP contribution is 2.52. The van der Waals surface area contributed by atoms with Crippen LogP contribution >= 0.6 is 0 Å². The van der Waals surface area contributed by atoms with E-state index in [9.17, 15) is 4.79 Å². The van der Waals surface area contributed by atoms with Crippen molar-refractivity contribution in [1.82, 2.24) is 4.90 Å². The molecule has 0 spiro atoms. The van der Waals surface area contributed by atoms with Crippen molar-refractivity contribution in [2.45, 2.75) is 38.4 Å². The van der Waals surface area contributed by atoms with Gasteiger partial charge < -0.3 is 4.74 Å². The van der Waals surface area contributed by atoms with E-state index in [1.54, 1.807) is 13.2 Å². The van der Waals surface area contributed by atoms with Crippen LogP contribution in [-0.4, -0.2) is 23.3 Å². The molecule has 0 aliphatic carbocycles. The molecule has 2 bridgehead atoms. The lowest BCUT2D eigenvalue weighted by Gasteiger charge is -2.41. The second kappa shape index (κ2) is 3.94. The average molecular weight is 257 g/mol. The minimum absolute atomic E-state index is 0.0697. The van der Waals surface area contributed by atoms with Crippen LogP contribution in [0.15, 0.2) is 30.4 Å². The lowest BCUT2D eigenvalue weighted by atomic mass is 9.96. The summed E-state index contributed by atoms with van der Waals surface area (Å²) < 4.78 is 5.47. The van der Waals surface area contributed by atoms with E-state index in [0.717, 1.165) is 11.3 Å². The van der Waals surface area contributed by atoms with Gasteiger partial charge in [-0.25, -0.2) is 0 Å². The van der Waals surface area contributed by atoms with Crippen LogP contribution in [0.4, 0.5) is 0 Å². The van der Waals surface area contributed by atoms with Gasteiger partial charge in [-0.1, -0.05) is 18.2 Å². The van der Waals surface area contributed by atoms with Crippen molar-refractivity contribution in [1.29, 1.82) is 0 Å². The Morgan fingerprint density at radius 1 is 1.26 bits per heavy atom. The Kier molecular flexibility index (Phi) is 2.58. The topological polar surface area (TPSA) is 29.5 Å². The van der Waals surface area contributed by atoms with Crippen molar-refractivity contribution >= 4 is 5.78 Å². The highest BCUT2D eigenvalue weighted by Gasteiger charge is 2.48. The van der Waals surface area contributed by atoms with Crippen LogP contribution in [0.5, 0.6) is 5.75 Å². The minimum atomic E-state index is -0.207. The molecule has 0 fully saturated rings. The first-order valence-electron chi connectivity index (χ1n) is 6.62. The first kappa shape index (κ1) is 12.4. The van der Waals surface area contributed by atoms with E-state index in [1.807, 2.05) is 18.2 Å². The number of hydrogen-bond donors (Lipinski definition) is 0. The first-order valence-corrected chi connectivity index (χ1v) is 6.62. The summed E-state index contributed by atoms with van der Waals surface area (Å²) in [4.78, 5) is 14.6. The zero-order valence-corrected chi connectivity index (χ0v) is 11.8. The molecular weight excluding hydrogens is 238 g/mol. The number of ketones is 1. The molecule has 2 atom stereocenters. The van der Waals surface area contributed by atoms with E-state index in [0.29, 0.717) is 0 Å². The molecule has 0 amide bonds. The molecule has 1 aromatic rings. The standard InChI is InChI=1S/C16H19NO2/c1-16(2,3)17-11-8-9-12(18)15(17)14-10(11)6-5-7-13(14)19-4/h5-9,11,15H,1-4H3/t11-,15+/m0/s1. The summed E-state index contributed by atoms with van der Waals surface area (Å²) in [5.41, 5.74) is 2.17. The van der Waals surface area contributed by atoms with Crippen LogP contribution in [0.1, 0.15) is 44.0 Å². The molecule has 19 heavy (non-hydrogen) atoms. The molecule has 0 saturated carbocycles. The summed E-state index contributed by atoms with van der Waals surface area (Å²) in [6.45, 7) is 6.45. The highest BCUT2D eigenvalue weighted by atomic mass is 16.5. The predicted octanol–water partition coefficient (Wildman–Crippen LogP) is 3.03. The third-order valence-corrected chi connectivity index (χ3v) is 3.98. The van der Waals surface area contributed by atoms with Crippen molar-refractivity contribution in [2.24, 2.45) is 0 Å². The molecule has 2 heterocycles. The van der Waals surface area contributed by atoms with Gasteiger partial charge in [0, 0.05) is 11.1 Å². The number of benzene rings is 1. The molecule has 3 rings (SSSR count). The summed E-state index contributed by atoms with van der Waals surface area (Å²) in [5.74, 6) is 0.964. The Morgan fingerprint density at radius 2 is 2.00 bits per heavy atom. The molecule has 0 aromatic heterocycles. The maximum Gasteiger partial charge on any atom is 0.177 e. The smallest absolute Gasteiger partial charge is 0.177 e. The number of hydrogen-bond acceptors (Lipinski definition) is 3. The Balaban J connectivity index is 2.24. The third-order valence-electron chi connectivity index (χ3n) is 3.98. The van der Waals surface area contributed by atoms with Crippen LogP contribution in [0, 0.1) is 0 Å². The maximum atomic E-state index is 12.4. The molecule has 100 valence electrons. The SMILES string of the molecule is COc1cccc2c1[C@H]1C(=O)C=C[C@@H]2N1C(C)(C)C. The van der Waals surface area contributed by atoms with Gasteiger partial charge in [0.15, 0.2) is 5.78 Å². The second-order valence-electron chi connectivity index (χ2n) is 6.15. The van der Waals surface area contributed by atoms with E-state index >= 15 is 0 Å². The number of ether oxygens (including phenoxy) is 1. The zero-order chi connectivity index (χ0) is 13.8. The monoisotopic (exact) mass is 257 g/mol. The second-order valence-corrected chi connectivity index (χ2v) is 6.15. The van der Waals surface area contributed by atoms with Crippen molar-refractivity contribution in [3.63, 3.8) is 0 Å². The number of fused-ring (bicyclic) bond motifs is 5. The highest BCUT2D eigenvalue weighted by molar-refractivity contribution is 5.98. The van der Waals surface area contributed by atoms with Crippen LogP contribution in [-0.2, 0) is 4.79 Å². The summed E-state index contributed by atoms with van der Waals surface area (Å²) in [5, 5.41) is 0. The Bertz CT molecular complexity index is 569. The normalized spacial score (nSPS) is 25.6. The number of nitrogens with zero attached hydrogens (tertiary/aromatic N) is 1. The summed E-state index contributed by atoms with van der Waals surface area (Å²) >= 11 is 0. The van der Waals surface area contributed by atoms with Gasteiger partial charge in [-0.2, -0.15) is 0 Å². The molecule has 1 aromatic carbocycles. The molecule has 2 aliphatic heterocycles. The molecule has 0 saturated heterocycles. The summed E-state index contributed by atoms with van der Waals surface area (Å²) in [6.07, 6.45) is 3.73. The number of carbonyl (C=O) groups is 1. The Labute approximate surface area is 113 Å². The van der Waals surface area contributed by atoms with Crippen molar-refractivity contribution in [3.8, 4) is 5.75 Å². The quantitative estimate of drug-likeness (QED) is 0.774. The van der Waals surface area contributed by atoms with Gasteiger partial charge in [0.2, 0.25) is 0 Å². The van der Waals surface area contributed by atoms with Crippen molar-refractivity contribution < 1.29 is 9.53 Å². The van der Waals surface area contributed by atoms with Gasteiger partial charge in [0.05, 0.1) is 13.2 Å². The van der Waals surface area contributed by atoms with E-state index in [2.05, 4.69) is 31.7 Å². The fourth-order valence-electron chi connectivity index (χ4n) is 3.30. The van der Waals surface area contributed by atoms with Crippen LogP contribution in [0.3, 0.4) is 0 Å². The third kappa shape index (κ3) is 1.65. The van der Waals surface area contributed by atoms with Gasteiger partial charge >= 0.3 is 0 Å². The molecule has 2 aliphatic rings. The predicted molar refractivity (Wildman–Crippen MR) is 74.2 cm³/mol. The number of rotatable bonds is 1. The molecular formula is C16H19NO2. The number of methoxy groups -OCH3 is 1. The van der Waals surface area contributed by atoms with E-state index in [1.165, 1.54) is 5.56 Å². The average Bonchev–Trinajstić information content (AvgIpc) is 2.63. The van der Waals surface area contributed by atoms with Crippen molar-refractivity contribution in [3.05, 3.63) is 41.5 Å². The summed E-state index contributed by atoms with van der Waals surface area (Å²) in [7, 11) is 1.66. The van der Waals surface area contributed by atoms with Gasteiger partial charge in [-0.3, -0.25) is 9.69 Å². The largest absolute Gasteiger partial charge is 0.496 e. The van der Waals surface area contributed by atoms with Crippen molar-refractivity contribution in [2.75, 3.05) is 7.11 Å². The molecule has 0 unspecified atom stereocenters. The van der Waals surface area contributed by atoms with E-state index < -0.39 is 0 Å². The van der Waals surface area contributed by atoms with Crippen LogP contribution in [0.2, 0.25) is 0 Å². The van der Waals surface area contributed by atoms with Gasteiger partial charge in [-0.15, -0.1) is 0 Å². The van der Waals surface area contributed by atoms with Crippen LogP contribution < -0.4 is 4.74 Å². The first-order chi connectivity index (χ1) is 8.95. The van der Waals surface area contributed by atoms with Gasteiger partial charge in [0.25, 0.3) is 0 Å². The van der Waals surface area contributed by atoms with E-state index in [-0.39, 0.29) is 23.4 Å². The van der Waals surface area contributed by atoms with E-state index in [4.69, 9.17) is 4.74 Å². The van der Waals surface area contributed by atoms with Gasteiger partial charge in [-0.05, 0) is 38.5 Å². The fourth-order valence-corrected chi connectivity index (χ4v) is 3.30. The zero-order valence-electron chi connectivity index (χ0n) is 11.8. The Hall–Kier alpha value is -1.61. The number of carbonyl (C=O) groups excluding carboxylic acids is 1. The minimum Gasteiger partial charge on any atom is -0.496 e. The molecule has 0 radical (unpaired) electrons. The molecule has 3 nitrogen and oxygen atoms in total.